The third kappa shape index (κ3) is 2.64. The summed E-state index contributed by atoms with van der Waals surface area (Å²) in [5.41, 5.74) is 4.29. The molecular weight excluding hydrogens is 238 g/mol. The van der Waals surface area contributed by atoms with Crippen LogP contribution < -0.4 is 16.6 Å². The van der Waals surface area contributed by atoms with Crippen molar-refractivity contribution < 1.29 is 0 Å². The zero-order valence-electron chi connectivity index (χ0n) is 9.24. The summed E-state index contributed by atoms with van der Waals surface area (Å²) in [6.45, 7) is 1.96. The number of hydrogen-bond donors (Lipinski definition) is 3. The van der Waals surface area contributed by atoms with Crippen LogP contribution in [0.1, 0.15) is 5.56 Å². The summed E-state index contributed by atoms with van der Waals surface area (Å²) in [4.78, 5) is 8.20. The molecule has 17 heavy (non-hydrogen) atoms. The van der Waals surface area contributed by atoms with Crippen LogP contribution in [0.5, 0.6) is 0 Å². The van der Waals surface area contributed by atoms with Crippen molar-refractivity contribution in [2.24, 2.45) is 5.84 Å². The summed E-state index contributed by atoms with van der Waals surface area (Å²) in [5, 5.41) is 3.75. The number of nitrogens with two attached hydrogens (primary N) is 1. The second-order valence-corrected chi connectivity index (χ2v) is 3.90. The number of aryl methyl sites for hydroxylation is 1. The first kappa shape index (κ1) is 11.6. The molecule has 0 atom stereocenters. The molecule has 0 spiro atoms. The van der Waals surface area contributed by atoms with E-state index in [2.05, 4.69) is 20.7 Å². The van der Waals surface area contributed by atoms with Gasteiger partial charge in [-0.25, -0.2) is 10.8 Å². The van der Waals surface area contributed by atoms with E-state index < -0.39 is 0 Å². The number of anilines is 3. The molecule has 0 amide bonds. The average Bonchev–Trinajstić information content (AvgIpc) is 2.34. The zero-order chi connectivity index (χ0) is 12.3. The van der Waals surface area contributed by atoms with Crippen LogP contribution in [-0.4, -0.2) is 9.97 Å². The lowest BCUT2D eigenvalue weighted by Gasteiger charge is -2.10. The first-order valence-electron chi connectivity index (χ1n) is 5.01. The van der Waals surface area contributed by atoms with Crippen LogP contribution in [-0.2, 0) is 0 Å². The van der Waals surface area contributed by atoms with E-state index in [0.29, 0.717) is 16.7 Å². The zero-order valence-corrected chi connectivity index (χ0v) is 9.99. The Morgan fingerprint density at radius 1 is 1.24 bits per heavy atom. The first-order valence-corrected chi connectivity index (χ1v) is 5.39. The highest BCUT2D eigenvalue weighted by Gasteiger charge is 2.05. The Labute approximate surface area is 104 Å². The lowest BCUT2D eigenvalue weighted by atomic mass is 10.2. The number of nitrogens with zero attached hydrogens (tertiary/aromatic N) is 2. The predicted molar refractivity (Wildman–Crippen MR) is 69.3 cm³/mol. The highest BCUT2D eigenvalue weighted by molar-refractivity contribution is 6.33. The van der Waals surface area contributed by atoms with E-state index in [-0.39, 0.29) is 0 Å². The number of rotatable bonds is 3. The summed E-state index contributed by atoms with van der Waals surface area (Å²) in [5.74, 6) is 6.33. The molecule has 0 saturated heterocycles. The van der Waals surface area contributed by atoms with Gasteiger partial charge in [-0.1, -0.05) is 23.7 Å². The molecule has 0 fully saturated rings. The van der Waals surface area contributed by atoms with Crippen molar-refractivity contribution in [2.75, 3.05) is 10.7 Å². The number of nitrogen functional groups attached to an aromatic ring is 1. The molecule has 0 aliphatic carbocycles. The van der Waals surface area contributed by atoms with E-state index in [1.165, 1.54) is 6.20 Å². The Kier molecular flexibility index (Phi) is 3.41. The highest BCUT2D eigenvalue weighted by Crippen LogP contribution is 2.27. The van der Waals surface area contributed by atoms with Gasteiger partial charge in [0.15, 0.2) is 11.6 Å². The van der Waals surface area contributed by atoms with Gasteiger partial charge >= 0.3 is 0 Å². The van der Waals surface area contributed by atoms with Gasteiger partial charge in [0.05, 0.1) is 23.1 Å². The Morgan fingerprint density at radius 3 is 2.71 bits per heavy atom. The van der Waals surface area contributed by atoms with E-state index in [4.69, 9.17) is 17.4 Å². The summed E-state index contributed by atoms with van der Waals surface area (Å²) < 4.78 is 0. The van der Waals surface area contributed by atoms with Gasteiger partial charge in [0.2, 0.25) is 0 Å². The fourth-order valence-corrected chi connectivity index (χ4v) is 1.68. The number of hydrazine groups is 1. The van der Waals surface area contributed by atoms with Gasteiger partial charge in [0.1, 0.15) is 0 Å². The van der Waals surface area contributed by atoms with Crippen molar-refractivity contribution in [1.82, 2.24) is 9.97 Å². The molecule has 4 N–H and O–H groups in total. The van der Waals surface area contributed by atoms with Gasteiger partial charge in [-0.3, -0.25) is 4.98 Å². The van der Waals surface area contributed by atoms with Crippen molar-refractivity contribution in [2.45, 2.75) is 6.92 Å². The minimum atomic E-state index is 0.486. The van der Waals surface area contributed by atoms with Crippen molar-refractivity contribution in [3.8, 4) is 0 Å². The molecule has 2 aromatic rings. The number of nitrogens with one attached hydrogen (secondary N) is 2. The Morgan fingerprint density at radius 2 is 2.00 bits per heavy atom. The fraction of sp³-hybridized carbons (Fsp3) is 0.0909. The molecular formula is C11H12ClN5. The summed E-state index contributed by atoms with van der Waals surface area (Å²) in [6, 6.07) is 5.68. The Hall–Kier alpha value is -1.85. The minimum Gasteiger partial charge on any atom is -0.337 e. The molecule has 0 saturated carbocycles. The molecule has 0 unspecified atom stereocenters. The molecule has 0 aliphatic rings. The number of para-hydroxylation sites is 1. The van der Waals surface area contributed by atoms with Crippen LogP contribution in [0.2, 0.25) is 5.02 Å². The molecule has 2 rings (SSSR count). The van der Waals surface area contributed by atoms with Crippen molar-refractivity contribution in [1.29, 1.82) is 0 Å². The van der Waals surface area contributed by atoms with Crippen LogP contribution in [0.25, 0.3) is 0 Å². The predicted octanol–water partition coefficient (Wildman–Crippen LogP) is 2.47. The van der Waals surface area contributed by atoms with Crippen LogP contribution in [0.4, 0.5) is 17.3 Å². The molecule has 88 valence electrons. The molecule has 0 radical (unpaired) electrons. The summed E-state index contributed by atoms with van der Waals surface area (Å²) >= 11 is 6.10. The monoisotopic (exact) mass is 249 g/mol. The molecule has 5 nitrogen and oxygen atoms in total. The van der Waals surface area contributed by atoms with E-state index in [0.717, 1.165) is 11.3 Å². The van der Waals surface area contributed by atoms with Gasteiger partial charge in [-0.05, 0) is 18.6 Å². The van der Waals surface area contributed by atoms with Crippen LogP contribution >= 0.6 is 11.6 Å². The van der Waals surface area contributed by atoms with Gasteiger partial charge < -0.3 is 10.7 Å². The summed E-state index contributed by atoms with van der Waals surface area (Å²) in [6.07, 6.45) is 3.13. The second kappa shape index (κ2) is 4.99. The van der Waals surface area contributed by atoms with Gasteiger partial charge in [0.25, 0.3) is 0 Å². The Bertz CT molecular complexity index is 509. The van der Waals surface area contributed by atoms with Crippen LogP contribution in [0.15, 0.2) is 30.6 Å². The van der Waals surface area contributed by atoms with E-state index in [1.54, 1.807) is 6.20 Å². The Balaban J connectivity index is 2.31. The van der Waals surface area contributed by atoms with Gasteiger partial charge in [-0.15, -0.1) is 0 Å². The lowest BCUT2D eigenvalue weighted by molar-refractivity contribution is 1.16. The quantitative estimate of drug-likeness (QED) is 0.576. The lowest BCUT2D eigenvalue weighted by Crippen LogP contribution is -2.09. The van der Waals surface area contributed by atoms with Gasteiger partial charge in [0, 0.05) is 0 Å². The third-order valence-electron chi connectivity index (χ3n) is 2.26. The largest absolute Gasteiger partial charge is 0.337 e. The molecule has 0 aliphatic heterocycles. The minimum absolute atomic E-state index is 0.486. The van der Waals surface area contributed by atoms with Gasteiger partial charge in [-0.2, -0.15) is 0 Å². The van der Waals surface area contributed by atoms with E-state index >= 15 is 0 Å². The molecule has 0 bridgehead atoms. The van der Waals surface area contributed by atoms with Crippen molar-refractivity contribution >= 4 is 28.9 Å². The maximum absolute atomic E-state index is 6.10. The number of aromatic nitrogens is 2. The molecule has 1 aromatic heterocycles. The topological polar surface area (TPSA) is 75.9 Å². The maximum Gasteiger partial charge on any atom is 0.160 e. The third-order valence-corrected chi connectivity index (χ3v) is 2.57. The SMILES string of the molecule is Cc1cccc(Cl)c1Nc1cncc(NN)n1. The van der Waals surface area contributed by atoms with Crippen molar-refractivity contribution in [3.63, 3.8) is 0 Å². The van der Waals surface area contributed by atoms with Crippen LogP contribution in [0, 0.1) is 6.92 Å². The normalized spacial score (nSPS) is 10.1. The maximum atomic E-state index is 6.10. The van der Waals surface area contributed by atoms with E-state index in [1.807, 2.05) is 25.1 Å². The summed E-state index contributed by atoms with van der Waals surface area (Å²) in [7, 11) is 0. The standard InChI is InChI=1S/C11H12ClN5/c1-7-3-2-4-8(12)11(7)16-9-5-14-6-10(15-9)17-13/h2-6H,13H2,1H3,(H2,15,16,17). The highest BCUT2D eigenvalue weighted by atomic mass is 35.5. The smallest absolute Gasteiger partial charge is 0.160 e. The first-order chi connectivity index (χ1) is 8.20. The number of benzene rings is 1. The number of hydrogen-bond acceptors (Lipinski definition) is 5. The number of halogens is 1. The second-order valence-electron chi connectivity index (χ2n) is 3.49. The molecule has 1 aromatic carbocycles. The molecule has 6 heteroatoms. The van der Waals surface area contributed by atoms with Crippen LogP contribution in [0.3, 0.4) is 0 Å². The fourth-order valence-electron chi connectivity index (χ4n) is 1.41. The van der Waals surface area contributed by atoms with Crippen molar-refractivity contribution in [3.05, 3.63) is 41.2 Å². The molecule has 1 heterocycles. The average molecular weight is 250 g/mol. The van der Waals surface area contributed by atoms with E-state index in [9.17, 15) is 0 Å².